The normalized spacial score (nSPS) is 10.4. The van der Waals surface area contributed by atoms with Gasteiger partial charge in [0.15, 0.2) is 0 Å². The topological polar surface area (TPSA) is 54.7 Å². The third-order valence-electron chi connectivity index (χ3n) is 2.07. The van der Waals surface area contributed by atoms with Crippen molar-refractivity contribution in [3.05, 3.63) is 40.5 Å². The number of benzene rings is 1. The number of hydrogen-bond acceptors (Lipinski definition) is 2. The van der Waals surface area contributed by atoms with Crippen molar-refractivity contribution < 1.29 is 0 Å². The molecule has 0 saturated carbocycles. The van der Waals surface area contributed by atoms with Gasteiger partial charge in [-0.25, -0.2) is 0 Å². The van der Waals surface area contributed by atoms with Crippen molar-refractivity contribution in [2.45, 2.75) is 6.54 Å². The smallest absolute Gasteiger partial charge is 0.106 e. The molecule has 0 aliphatic rings. The SMILES string of the molecule is NCc1c(-c2ccccc2)n[nH]c1Br. The van der Waals surface area contributed by atoms with Gasteiger partial charge in [0.2, 0.25) is 0 Å². The monoisotopic (exact) mass is 251 g/mol. The Morgan fingerprint density at radius 1 is 1.29 bits per heavy atom. The third-order valence-corrected chi connectivity index (χ3v) is 2.72. The van der Waals surface area contributed by atoms with Gasteiger partial charge in [0.1, 0.15) is 4.60 Å². The molecule has 0 aliphatic heterocycles. The molecule has 0 bridgehead atoms. The molecule has 0 aliphatic carbocycles. The highest BCUT2D eigenvalue weighted by Gasteiger charge is 2.10. The summed E-state index contributed by atoms with van der Waals surface area (Å²) in [6.07, 6.45) is 0. The van der Waals surface area contributed by atoms with Crippen molar-refractivity contribution in [2.75, 3.05) is 0 Å². The highest BCUT2D eigenvalue weighted by atomic mass is 79.9. The minimum Gasteiger partial charge on any atom is -0.326 e. The van der Waals surface area contributed by atoms with Crippen LogP contribution in [0.1, 0.15) is 5.56 Å². The Hall–Kier alpha value is -1.13. The Labute approximate surface area is 90.5 Å². The lowest BCUT2D eigenvalue weighted by Gasteiger charge is -1.99. The summed E-state index contributed by atoms with van der Waals surface area (Å²) in [6.45, 7) is 0.474. The van der Waals surface area contributed by atoms with Crippen LogP contribution in [0.25, 0.3) is 11.3 Å². The molecule has 0 radical (unpaired) electrons. The van der Waals surface area contributed by atoms with Crippen molar-refractivity contribution in [2.24, 2.45) is 5.73 Å². The number of nitrogens with one attached hydrogen (secondary N) is 1. The van der Waals surface area contributed by atoms with Crippen LogP contribution in [0.3, 0.4) is 0 Å². The lowest BCUT2D eigenvalue weighted by atomic mass is 10.1. The molecule has 3 N–H and O–H groups in total. The number of nitrogens with two attached hydrogens (primary N) is 1. The van der Waals surface area contributed by atoms with E-state index in [2.05, 4.69) is 26.1 Å². The molecule has 0 saturated heterocycles. The maximum absolute atomic E-state index is 5.64. The number of aromatic nitrogens is 2. The largest absolute Gasteiger partial charge is 0.326 e. The average molecular weight is 252 g/mol. The summed E-state index contributed by atoms with van der Waals surface area (Å²) in [5.74, 6) is 0. The molecule has 72 valence electrons. The maximum Gasteiger partial charge on any atom is 0.106 e. The van der Waals surface area contributed by atoms with Crippen LogP contribution in [0.5, 0.6) is 0 Å². The quantitative estimate of drug-likeness (QED) is 0.861. The van der Waals surface area contributed by atoms with E-state index in [9.17, 15) is 0 Å². The fourth-order valence-electron chi connectivity index (χ4n) is 1.36. The molecule has 0 atom stereocenters. The van der Waals surface area contributed by atoms with Crippen molar-refractivity contribution in [3.63, 3.8) is 0 Å². The van der Waals surface area contributed by atoms with Crippen LogP contribution in [-0.2, 0) is 6.54 Å². The Kier molecular flexibility index (Phi) is 2.65. The van der Waals surface area contributed by atoms with Gasteiger partial charge in [0, 0.05) is 17.7 Å². The van der Waals surface area contributed by atoms with Gasteiger partial charge in [-0.3, -0.25) is 5.10 Å². The zero-order valence-corrected chi connectivity index (χ0v) is 9.08. The molecule has 1 aromatic carbocycles. The molecular formula is C10H10BrN3. The minimum absolute atomic E-state index is 0.474. The Morgan fingerprint density at radius 3 is 2.64 bits per heavy atom. The zero-order chi connectivity index (χ0) is 9.97. The van der Waals surface area contributed by atoms with Crippen LogP contribution >= 0.6 is 15.9 Å². The first-order valence-corrected chi connectivity index (χ1v) is 5.10. The lowest BCUT2D eigenvalue weighted by molar-refractivity contribution is 1.05. The number of rotatable bonds is 2. The summed E-state index contributed by atoms with van der Waals surface area (Å²) >= 11 is 3.38. The summed E-state index contributed by atoms with van der Waals surface area (Å²) in [4.78, 5) is 0. The van der Waals surface area contributed by atoms with Crippen molar-refractivity contribution >= 4 is 15.9 Å². The second-order valence-corrected chi connectivity index (χ2v) is 3.73. The van der Waals surface area contributed by atoms with Crippen LogP contribution in [0.4, 0.5) is 0 Å². The lowest BCUT2D eigenvalue weighted by Crippen LogP contribution is -1.97. The van der Waals surface area contributed by atoms with Crippen LogP contribution in [0.2, 0.25) is 0 Å². The summed E-state index contributed by atoms with van der Waals surface area (Å²) in [5, 5.41) is 7.08. The molecule has 0 unspecified atom stereocenters. The predicted molar refractivity (Wildman–Crippen MR) is 59.6 cm³/mol. The summed E-state index contributed by atoms with van der Waals surface area (Å²) < 4.78 is 0.860. The number of H-pyrrole nitrogens is 1. The summed E-state index contributed by atoms with van der Waals surface area (Å²) in [5.41, 5.74) is 8.65. The molecule has 4 heteroatoms. The van der Waals surface area contributed by atoms with Gasteiger partial charge in [0.25, 0.3) is 0 Å². The molecule has 1 aromatic heterocycles. The highest BCUT2D eigenvalue weighted by Crippen LogP contribution is 2.25. The van der Waals surface area contributed by atoms with Gasteiger partial charge in [-0.15, -0.1) is 0 Å². The number of nitrogens with zero attached hydrogens (tertiary/aromatic N) is 1. The fourth-order valence-corrected chi connectivity index (χ4v) is 1.80. The Morgan fingerprint density at radius 2 is 2.00 bits per heavy atom. The first-order chi connectivity index (χ1) is 6.83. The second kappa shape index (κ2) is 3.94. The molecule has 2 rings (SSSR count). The standard InChI is InChI=1S/C10H10BrN3/c11-10-8(6-12)9(13-14-10)7-4-2-1-3-5-7/h1-5H,6,12H2,(H,13,14). The van der Waals surface area contributed by atoms with Gasteiger partial charge >= 0.3 is 0 Å². The molecular weight excluding hydrogens is 242 g/mol. The minimum atomic E-state index is 0.474. The van der Waals surface area contributed by atoms with E-state index in [0.717, 1.165) is 21.4 Å². The summed E-state index contributed by atoms with van der Waals surface area (Å²) in [7, 11) is 0. The van der Waals surface area contributed by atoms with E-state index in [0.29, 0.717) is 6.54 Å². The first kappa shape index (κ1) is 9.43. The maximum atomic E-state index is 5.64. The third kappa shape index (κ3) is 1.58. The van der Waals surface area contributed by atoms with Crippen LogP contribution in [0.15, 0.2) is 34.9 Å². The van der Waals surface area contributed by atoms with E-state index in [-0.39, 0.29) is 0 Å². The van der Waals surface area contributed by atoms with Crippen molar-refractivity contribution in [1.82, 2.24) is 10.2 Å². The second-order valence-electron chi connectivity index (χ2n) is 2.93. The summed E-state index contributed by atoms with van der Waals surface area (Å²) in [6, 6.07) is 9.98. The molecule has 14 heavy (non-hydrogen) atoms. The van der Waals surface area contributed by atoms with Gasteiger partial charge in [-0.1, -0.05) is 30.3 Å². The van der Waals surface area contributed by atoms with Crippen molar-refractivity contribution in [1.29, 1.82) is 0 Å². The van der Waals surface area contributed by atoms with Crippen LogP contribution < -0.4 is 5.73 Å². The Balaban J connectivity index is 2.52. The predicted octanol–water partition coefficient (Wildman–Crippen LogP) is 2.30. The highest BCUT2D eigenvalue weighted by molar-refractivity contribution is 9.10. The number of halogens is 1. The number of aromatic amines is 1. The zero-order valence-electron chi connectivity index (χ0n) is 7.50. The molecule has 0 fully saturated rings. The van der Waals surface area contributed by atoms with E-state index in [1.54, 1.807) is 0 Å². The molecule has 0 spiro atoms. The van der Waals surface area contributed by atoms with Crippen LogP contribution in [-0.4, -0.2) is 10.2 Å². The van der Waals surface area contributed by atoms with Gasteiger partial charge in [0.05, 0.1) is 5.69 Å². The van der Waals surface area contributed by atoms with E-state index in [1.165, 1.54) is 0 Å². The average Bonchev–Trinajstić information content (AvgIpc) is 2.61. The molecule has 0 amide bonds. The van der Waals surface area contributed by atoms with E-state index in [4.69, 9.17) is 5.73 Å². The van der Waals surface area contributed by atoms with Crippen LogP contribution in [0, 0.1) is 0 Å². The first-order valence-electron chi connectivity index (χ1n) is 4.31. The molecule has 2 aromatic rings. The van der Waals surface area contributed by atoms with Gasteiger partial charge in [-0.05, 0) is 15.9 Å². The van der Waals surface area contributed by atoms with E-state index >= 15 is 0 Å². The molecule has 3 nitrogen and oxygen atoms in total. The Bertz CT molecular complexity index is 422. The molecule has 1 heterocycles. The fraction of sp³-hybridized carbons (Fsp3) is 0.100. The van der Waals surface area contributed by atoms with E-state index in [1.807, 2.05) is 30.3 Å². The van der Waals surface area contributed by atoms with E-state index < -0.39 is 0 Å². The van der Waals surface area contributed by atoms with Gasteiger partial charge < -0.3 is 5.73 Å². The van der Waals surface area contributed by atoms with Gasteiger partial charge in [-0.2, -0.15) is 5.10 Å². The number of hydrogen-bond donors (Lipinski definition) is 2. The van der Waals surface area contributed by atoms with Crippen molar-refractivity contribution in [3.8, 4) is 11.3 Å².